The molecule has 1 aliphatic heterocycles. The summed E-state index contributed by atoms with van der Waals surface area (Å²) in [6, 6.07) is 21.3. The first-order chi connectivity index (χ1) is 16.4. The van der Waals surface area contributed by atoms with Gasteiger partial charge in [0.15, 0.2) is 0 Å². The minimum absolute atomic E-state index is 0.0139. The van der Waals surface area contributed by atoms with Crippen LogP contribution in [0.25, 0.3) is 0 Å². The van der Waals surface area contributed by atoms with Gasteiger partial charge in [0.05, 0.1) is 24.7 Å². The predicted octanol–water partition coefficient (Wildman–Crippen LogP) is 4.92. The van der Waals surface area contributed by atoms with Gasteiger partial charge >= 0.3 is 5.97 Å². The van der Waals surface area contributed by atoms with Gasteiger partial charge in [0.1, 0.15) is 34.6 Å². The lowest BCUT2D eigenvalue weighted by Gasteiger charge is -2.26. The summed E-state index contributed by atoms with van der Waals surface area (Å²) < 4.78 is 22.1. The van der Waals surface area contributed by atoms with E-state index in [-0.39, 0.29) is 12.0 Å². The molecule has 0 bridgehead atoms. The first-order valence-corrected chi connectivity index (χ1v) is 10.7. The lowest BCUT2D eigenvalue weighted by Crippen LogP contribution is -2.21. The standard InChI is InChI=1S/C27H24N2O5/c1-16(2)32-20-10-6-18(7-11-20)27(30)33-21-12-13-22-24(14-21)34-26(29)23(15-28)25(22)17-4-8-19(31-3)9-5-17/h4-14,16,25H,29H2,1-3H3/t25-/m0/s1. The fourth-order valence-electron chi connectivity index (χ4n) is 3.75. The van der Waals surface area contributed by atoms with Gasteiger partial charge in [-0.05, 0) is 61.9 Å². The minimum Gasteiger partial charge on any atom is -0.497 e. The number of methoxy groups -OCH3 is 1. The zero-order valence-corrected chi connectivity index (χ0v) is 19.1. The van der Waals surface area contributed by atoms with E-state index in [2.05, 4.69) is 6.07 Å². The van der Waals surface area contributed by atoms with Crippen LogP contribution in [0.1, 0.15) is 41.3 Å². The van der Waals surface area contributed by atoms with Crippen LogP contribution in [0, 0.1) is 11.3 Å². The number of nitriles is 1. The van der Waals surface area contributed by atoms with Crippen molar-refractivity contribution < 1.29 is 23.7 Å². The lowest BCUT2D eigenvalue weighted by atomic mass is 9.83. The fourth-order valence-corrected chi connectivity index (χ4v) is 3.75. The molecule has 0 radical (unpaired) electrons. The Morgan fingerprint density at radius 1 is 1.00 bits per heavy atom. The van der Waals surface area contributed by atoms with Crippen molar-refractivity contribution in [1.82, 2.24) is 0 Å². The second-order valence-electron chi connectivity index (χ2n) is 7.98. The summed E-state index contributed by atoms with van der Waals surface area (Å²) in [7, 11) is 1.59. The third-order valence-electron chi connectivity index (χ3n) is 5.31. The number of rotatable bonds is 6. The molecule has 3 aromatic carbocycles. The molecule has 0 unspecified atom stereocenters. The fraction of sp³-hybridized carbons (Fsp3) is 0.185. The van der Waals surface area contributed by atoms with Crippen LogP contribution >= 0.6 is 0 Å². The Morgan fingerprint density at radius 3 is 2.26 bits per heavy atom. The second-order valence-corrected chi connectivity index (χ2v) is 7.98. The Hall–Kier alpha value is -4.44. The maximum atomic E-state index is 12.6. The Labute approximate surface area is 197 Å². The molecule has 0 fully saturated rings. The Bertz CT molecular complexity index is 1270. The molecule has 1 aliphatic rings. The van der Waals surface area contributed by atoms with E-state index in [0.29, 0.717) is 34.1 Å². The zero-order valence-electron chi connectivity index (χ0n) is 19.1. The van der Waals surface area contributed by atoms with E-state index in [0.717, 1.165) is 11.1 Å². The third-order valence-corrected chi connectivity index (χ3v) is 5.31. The average Bonchev–Trinajstić information content (AvgIpc) is 2.83. The van der Waals surface area contributed by atoms with Crippen molar-refractivity contribution in [3.63, 3.8) is 0 Å². The van der Waals surface area contributed by atoms with Crippen LogP contribution in [0.4, 0.5) is 0 Å². The highest BCUT2D eigenvalue weighted by Crippen LogP contribution is 2.43. The number of benzene rings is 3. The molecule has 2 N–H and O–H groups in total. The number of ether oxygens (including phenoxy) is 4. The molecule has 0 aromatic heterocycles. The highest BCUT2D eigenvalue weighted by molar-refractivity contribution is 5.91. The number of allylic oxidation sites excluding steroid dienone is 1. The maximum Gasteiger partial charge on any atom is 0.343 e. The van der Waals surface area contributed by atoms with Gasteiger partial charge in [-0.25, -0.2) is 4.79 Å². The van der Waals surface area contributed by atoms with Gasteiger partial charge in [-0.15, -0.1) is 0 Å². The minimum atomic E-state index is -0.514. The average molecular weight is 456 g/mol. The molecule has 0 saturated heterocycles. The van der Waals surface area contributed by atoms with Gasteiger partial charge in [0, 0.05) is 11.6 Å². The first kappa shape index (κ1) is 22.7. The van der Waals surface area contributed by atoms with Gasteiger partial charge in [-0.1, -0.05) is 18.2 Å². The van der Waals surface area contributed by atoms with Crippen molar-refractivity contribution in [2.45, 2.75) is 25.9 Å². The van der Waals surface area contributed by atoms with E-state index in [1.807, 2.05) is 38.1 Å². The van der Waals surface area contributed by atoms with Gasteiger partial charge in [0.2, 0.25) is 5.88 Å². The zero-order chi connectivity index (χ0) is 24.2. The molecule has 172 valence electrons. The second kappa shape index (κ2) is 9.59. The van der Waals surface area contributed by atoms with E-state index in [4.69, 9.17) is 24.7 Å². The number of nitrogens with two attached hydrogens (primary N) is 1. The summed E-state index contributed by atoms with van der Waals surface area (Å²) in [5.74, 6) is 1.18. The molecule has 0 amide bonds. The highest BCUT2D eigenvalue weighted by atomic mass is 16.5. The molecule has 0 saturated carbocycles. The summed E-state index contributed by atoms with van der Waals surface area (Å²) in [5, 5.41) is 9.72. The van der Waals surface area contributed by atoms with Crippen molar-refractivity contribution in [2.24, 2.45) is 5.73 Å². The highest BCUT2D eigenvalue weighted by Gasteiger charge is 2.31. The number of esters is 1. The molecular formula is C27H24N2O5. The molecule has 7 nitrogen and oxygen atoms in total. The lowest BCUT2D eigenvalue weighted by molar-refractivity contribution is 0.0734. The largest absolute Gasteiger partial charge is 0.497 e. The van der Waals surface area contributed by atoms with Crippen LogP contribution in [0.5, 0.6) is 23.0 Å². The van der Waals surface area contributed by atoms with Crippen molar-refractivity contribution in [2.75, 3.05) is 7.11 Å². The summed E-state index contributed by atoms with van der Waals surface area (Å²) in [5.41, 5.74) is 8.37. The van der Waals surface area contributed by atoms with Crippen LogP contribution < -0.4 is 24.7 Å². The molecule has 3 aromatic rings. The Kier molecular flexibility index (Phi) is 6.42. The number of hydrogen-bond donors (Lipinski definition) is 1. The molecule has 0 spiro atoms. The van der Waals surface area contributed by atoms with Crippen molar-refractivity contribution >= 4 is 5.97 Å². The molecular weight excluding hydrogens is 432 g/mol. The van der Waals surface area contributed by atoms with Crippen molar-refractivity contribution in [3.8, 4) is 29.1 Å². The summed E-state index contributed by atoms with van der Waals surface area (Å²) in [4.78, 5) is 12.6. The van der Waals surface area contributed by atoms with Gasteiger partial charge in [-0.2, -0.15) is 5.26 Å². The van der Waals surface area contributed by atoms with E-state index < -0.39 is 11.9 Å². The smallest absolute Gasteiger partial charge is 0.343 e. The normalized spacial score (nSPS) is 14.6. The number of hydrogen-bond acceptors (Lipinski definition) is 7. The number of nitrogens with zero attached hydrogens (tertiary/aromatic N) is 1. The van der Waals surface area contributed by atoms with Gasteiger partial charge in [0.25, 0.3) is 0 Å². The summed E-state index contributed by atoms with van der Waals surface area (Å²) in [6.07, 6.45) is 0.0399. The first-order valence-electron chi connectivity index (χ1n) is 10.7. The maximum absolute atomic E-state index is 12.6. The number of carbonyl (C=O) groups is 1. The van der Waals surface area contributed by atoms with E-state index >= 15 is 0 Å². The van der Waals surface area contributed by atoms with E-state index in [9.17, 15) is 10.1 Å². The molecule has 1 atom stereocenters. The van der Waals surface area contributed by atoms with Crippen LogP contribution in [0.15, 0.2) is 78.2 Å². The topological polar surface area (TPSA) is 104 Å². The summed E-state index contributed by atoms with van der Waals surface area (Å²) in [6.45, 7) is 3.86. The molecule has 1 heterocycles. The Balaban J connectivity index is 1.59. The van der Waals surface area contributed by atoms with Gasteiger partial charge < -0.3 is 24.7 Å². The van der Waals surface area contributed by atoms with Crippen LogP contribution in [-0.4, -0.2) is 19.2 Å². The number of carbonyl (C=O) groups excluding carboxylic acids is 1. The summed E-state index contributed by atoms with van der Waals surface area (Å²) >= 11 is 0. The molecule has 7 heteroatoms. The number of fused-ring (bicyclic) bond motifs is 1. The van der Waals surface area contributed by atoms with E-state index in [1.54, 1.807) is 49.6 Å². The van der Waals surface area contributed by atoms with Gasteiger partial charge in [-0.3, -0.25) is 0 Å². The molecule has 34 heavy (non-hydrogen) atoms. The Morgan fingerprint density at radius 2 is 1.65 bits per heavy atom. The van der Waals surface area contributed by atoms with Crippen molar-refractivity contribution in [1.29, 1.82) is 5.26 Å². The van der Waals surface area contributed by atoms with E-state index in [1.165, 1.54) is 0 Å². The van der Waals surface area contributed by atoms with Crippen LogP contribution in [-0.2, 0) is 0 Å². The monoisotopic (exact) mass is 456 g/mol. The van der Waals surface area contributed by atoms with Crippen molar-refractivity contribution in [3.05, 3.63) is 94.9 Å². The molecule has 0 aliphatic carbocycles. The van der Waals surface area contributed by atoms with Crippen LogP contribution in [0.2, 0.25) is 0 Å². The molecule has 4 rings (SSSR count). The quantitative estimate of drug-likeness (QED) is 0.415. The predicted molar refractivity (Wildman–Crippen MR) is 126 cm³/mol. The third kappa shape index (κ3) is 4.66. The van der Waals surface area contributed by atoms with Crippen LogP contribution in [0.3, 0.4) is 0 Å². The SMILES string of the molecule is COc1ccc([C@@H]2C(C#N)=C(N)Oc3cc(OC(=O)c4ccc(OC(C)C)cc4)ccc32)cc1.